The fourth-order valence-corrected chi connectivity index (χ4v) is 2.15. The summed E-state index contributed by atoms with van der Waals surface area (Å²) in [6.07, 6.45) is 5.45. The summed E-state index contributed by atoms with van der Waals surface area (Å²) in [6, 6.07) is 7.86. The number of aromatic nitrogens is 1. The first-order valence-electron chi connectivity index (χ1n) is 6.21. The first-order chi connectivity index (χ1) is 9.38. The largest absolute Gasteiger partial charge is 0.494 e. The molecular weight excluding hydrogens is 242 g/mol. The first kappa shape index (κ1) is 12.1. The van der Waals surface area contributed by atoms with Crippen molar-refractivity contribution in [2.24, 2.45) is 0 Å². The number of methoxy groups -OCH3 is 1. The van der Waals surface area contributed by atoms with Crippen molar-refractivity contribution in [1.29, 1.82) is 0 Å². The maximum absolute atomic E-state index is 5.38. The highest BCUT2D eigenvalue weighted by molar-refractivity contribution is 5.91. The Hall–Kier alpha value is -1.91. The van der Waals surface area contributed by atoms with Crippen LogP contribution in [-0.2, 0) is 9.47 Å². The van der Waals surface area contributed by atoms with E-state index < -0.39 is 0 Å². The smallest absolute Gasteiger partial charge is 0.177 e. The standard InChI is InChI=1S/C15H15NO3/c1-17-13-4-2-3-12-11(7-8-16-15(12)13)5-6-14-18-9-10-19-14/h2-8,14H,9-10H2,1H3/b6-5+. The lowest BCUT2D eigenvalue weighted by Gasteiger charge is -2.07. The zero-order chi connectivity index (χ0) is 13.1. The maximum Gasteiger partial charge on any atom is 0.177 e. The Morgan fingerprint density at radius 3 is 2.89 bits per heavy atom. The van der Waals surface area contributed by atoms with Gasteiger partial charge in [-0.3, -0.25) is 4.98 Å². The Labute approximate surface area is 111 Å². The first-order valence-corrected chi connectivity index (χ1v) is 6.21. The molecule has 0 radical (unpaired) electrons. The van der Waals surface area contributed by atoms with Crippen LogP contribution in [0.3, 0.4) is 0 Å². The SMILES string of the molecule is COc1cccc2c(/C=C/C3OCCO3)ccnc12. The molecule has 0 bridgehead atoms. The Bertz CT molecular complexity index is 603. The fraction of sp³-hybridized carbons (Fsp3) is 0.267. The van der Waals surface area contributed by atoms with Gasteiger partial charge in [0.2, 0.25) is 0 Å². The molecule has 2 aromatic rings. The van der Waals surface area contributed by atoms with Crippen molar-refractivity contribution < 1.29 is 14.2 Å². The molecule has 0 aliphatic carbocycles. The monoisotopic (exact) mass is 257 g/mol. The molecule has 0 spiro atoms. The molecular formula is C15H15NO3. The van der Waals surface area contributed by atoms with E-state index in [1.54, 1.807) is 13.3 Å². The van der Waals surface area contributed by atoms with Gasteiger partial charge in [0.05, 0.1) is 20.3 Å². The zero-order valence-electron chi connectivity index (χ0n) is 10.7. The molecule has 2 heterocycles. The van der Waals surface area contributed by atoms with Crippen LogP contribution in [-0.4, -0.2) is 31.6 Å². The summed E-state index contributed by atoms with van der Waals surface area (Å²) in [6.45, 7) is 1.31. The number of rotatable bonds is 3. The second-order valence-corrected chi connectivity index (χ2v) is 4.23. The van der Waals surface area contributed by atoms with Gasteiger partial charge in [0.1, 0.15) is 11.3 Å². The summed E-state index contributed by atoms with van der Waals surface area (Å²) < 4.78 is 16.1. The molecule has 1 saturated heterocycles. The van der Waals surface area contributed by atoms with Crippen LogP contribution in [0.15, 0.2) is 36.5 Å². The lowest BCUT2D eigenvalue weighted by atomic mass is 10.1. The lowest BCUT2D eigenvalue weighted by molar-refractivity contribution is -0.000904. The van der Waals surface area contributed by atoms with Crippen molar-refractivity contribution in [3.05, 3.63) is 42.1 Å². The van der Waals surface area contributed by atoms with Gasteiger partial charge in [-0.15, -0.1) is 0 Å². The Balaban J connectivity index is 1.99. The van der Waals surface area contributed by atoms with Crippen LogP contribution >= 0.6 is 0 Å². The normalized spacial score (nSPS) is 16.5. The van der Waals surface area contributed by atoms with Crippen molar-refractivity contribution in [2.45, 2.75) is 6.29 Å². The average Bonchev–Trinajstić information content (AvgIpc) is 2.97. The number of fused-ring (bicyclic) bond motifs is 1. The highest BCUT2D eigenvalue weighted by Gasteiger charge is 2.12. The second kappa shape index (κ2) is 5.38. The van der Waals surface area contributed by atoms with Gasteiger partial charge in [-0.2, -0.15) is 0 Å². The number of nitrogens with zero attached hydrogens (tertiary/aromatic N) is 1. The van der Waals surface area contributed by atoms with Crippen molar-refractivity contribution in [1.82, 2.24) is 4.98 Å². The van der Waals surface area contributed by atoms with Crippen LogP contribution in [0.1, 0.15) is 5.56 Å². The predicted molar refractivity (Wildman–Crippen MR) is 73.0 cm³/mol. The van der Waals surface area contributed by atoms with E-state index in [0.717, 1.165) is 22.2 Å². The molecule has 1 aliphatic heterocycles. The molecule has 1 fully saturated rings. The fourth-order valence-electron chi connectivity index (χ4n) is 2.15. The van der Waals surface area contributed by atoms with Crippen molar-refractivity contribution in [3.63, 3.8) is 0 Å². The van der Waals surface area contributed by atoms with Crippen LogP contribution in [0.5, 0.6) is 5.75 Å². The molecule has 4 nitrogen and oxygen atoms in total. The van der Waals surface area contributed by atoms with Crippen molar-refractivity contribution >= 4 is 17.0 Å². The van der Waals surface area contributed by atoms with Gasteiger partial charge in [0.15, 0.2) is 6.29 Å². The van der Waals surface area contributed by atoms with Crippen molar-refractivity contribution in [3.8, 4) is 5.75 Å². The van der Waals surface area contributed by atoms with Gasteiger partial charge in [-0.05, 0) is 23.8 Å². The summed E-state index contributed by atoms with van der Waals surface area (Å²) >= 11 is 0. The van der Waals surface area contributed by atoms with Crippen LogP contribution in [0.4, 0.5) is 0 Å². The van der Waals surface area contributed by atoms with Crippen LogP contribution in [0, 0.1) is 0 Å². The van der Waals surface area contributed by atoms with E-state index in [1.165, 1.54) is 0 Å². The quantitative estimate of drug-likeness (QED) is 0.847. The van der Waals surface area contributed by atoms with E-state index in [0.29, 0.717) is 13.2 Å². The van der Waals surface area contributed by atoms with Gasteiger partial charge in [0.25, 0.3) is 0 Å². The third-order valence-corrected chi connectivity index (χ3v) is 3.07. The van der Waals surface area contributed by atoms with Crippen LogP contribution in [0.25, 0.3) is 17.0 Å². The molecule has 0 unspecified atom stereocenters. The van der Waals surface area contributed by atoms with E-state index in [-0.39, 0.29) is 6.29 Å². The number of para-hydroxylation sites is 1. The highest BCUT2D eigenvalue weighted by Crippen LogP contribution is 2.26. The third-order valence-electron chi connectivity index (χ3n) is 3.07. The van der Waals surface area contributed by atoms with Crippen LogP contribution in [0.2, 0.25) is 0 Å². The van der Waals surface area contributed by atoms with Gasteiger partial charge < -0.3 is 14.2 Å². The number of benzene rings is 1. The molecule has 1 aromatic heterocycles. The molecule has 0 N–H and O–H groups in total. The molecule has 4 heteroatoms. The maximum atomic E-state index is 5.38. The minimum atomic E-state index is -0.242. The van der Waals surface area contributed by atoms with Gasteiger partial charge >= 0.3 is 0 Å². The van der Waals surface area contributed by atoms with Crippen molar-refractivity contribution in [2.75, 3.05) is 20.3 Å². The molecule has 3 rings (SSSR count). The number of ether oxygens (including phenoxy) is 3. The number of hydrogen-bond acceptors (Lipinski definition) is 4. The summed E-state index contributed by atoms with van der Waals surface area (Å²) in [5, 5.41) is 1.05. The van der Waals surface area contributed by atoms with Gasteiger partial charge in [-0.1, -0.05) is 18.2 Å². The van der Waals surface area contributed by atoms with E-state index in [9.17, 15) is 0 Å². The Morgan fingerprint density at radius 2 is 2.11 bits per heavy atom. The van der Waals surface area contributed by atoms with E-state index in [4.69, 9.17) is 14.2 Å². The molecule has 0 saturated carbocycles. The molecule has 1 aromatic carbocycles. The number of pyridine rings is 1. The minimum Gasteiger partial charge on any atom is -0.494 e. The molecule has 1 aliphatic rings. The summed E-state index contributed by atoms with van der Waals surface area (Å²) in [7, 11) is 1.65. The Kier molecular flexibility index (Phi) is 3.44. The Morgan fingerprint density at radius 1 is 1.26 bits per heavy atom. The lowest BCUT2D eigenvalue weighted by Crippen LogP contribution is -2.01. The number of hydrogen-bond donors (Lipinski definition) is 0. The molecule has 98 valence electrons. The summed E-state index contributed by atoms with van der Waals surface area (Å²) in [5.74, 6) is 0.779. The van der Waals surface area contributed by atoms with E-state index in [2.05, 4.69) is 4.98 Å². The van der Waals surface area contributed by atoms with Gasteiger partial charge in [-0.25, -0.2) is 0 Å². The van der Waals surface area contributed by atoms with E-state index >= 15 is 0 Å². The summed E-state index contributed by atoms with van der Waals surface area (Å²) in [5.41, 5.74) is 1.93. The molecule has 0 amide bonds. The highest BCUT2D eigenvalue weighted by atomic mass is 16.7. The van der Waals surface area contributed by atoms with Crippen LogP contribution < -0.4 is 4.74 Å². The zero-order valence-corrected chi connectivity index (χ0v) is 10.7. The molecule has 19 heavy (non-hydrogen) atoms. The van der Waals surface area contributed by atoms with Gasteiger partial charge in [0, 0.05) is 11.6 Å². The van der Waals surface area contributed by atoms with E-state index in [1.807, 2.05) is 36.4 Å². The molecule has 0 atom stereocenters. The predicted octanol–water partition coefficient (Wildman–Crippen LogP) is 2.63. The average molecular weight is 257 g/mol. The summed E-state index contributed by atoms with van der Waals surface area (Å²) in [4.78, 5) is 4.37. The third kappa shape index (κ3) is 2.45. The minimum absolute atomic E-state index is 0.242. The topological polar surface area (TPSA) is 40.6 Å². The second-order valence-electron chi connectivity index (χ2n) is 4.23.